The average molecular weight is 374 g/mol. The first-order valence-corrected chi connectivity index (χ1v) is 8.73. The number of hydrogen-bond donors (Lipinski definition) is 2. The first kappa shape index (κ1) is 17.6. The normalized spacial score (nSPS) is 12.8. The van der Waals surface area contributed by atoms with E-state index in [1.807, 2.05) is 48.5 Å². The molecule has 0 bridgehead atoms. The lowest BCUT2D eigenvalue weighted by atomic mass is 9.87. The van der Waals surface area contributed by atoms with Gasteiger partial charge in [-0.15, -0.1) is 0 Å². The molecule has 0 aromatic heterocycles. The van der Waals surface area contributed by atoms with Gasteiger partial charge >= 0.3 is 0 Å². The van der Waals surface area contributed by atoms with Crippen LogP contribution in [-0.2, 0) is 4.79 Å². The van der Waals surface area contributed by atoms with E-state index in [1.54, 1.807) is 12.1 Å². The fraction of sp³-hybridized carbons (Fsp3) is 0.0909. The van der Waals surface area contributed by atoms with E-state index in [0.717, 1.165) is 11.1 Å². The minimum atomic E-state index is -0.521. The van der Waals surface area contributed by atoms with E-state index in [4.69, 9.17) is 9.47 Å². The Morgan fingerprint density at radius 3 is 2.36 bits per heavy atom. The number of para-hydroxylation sites is 2. The third kappa shape index (κ3) is 3.27. The minimum absolute atomic E-state index is 0.0408. The number of ether oxygens (including phenoxy) is 2. The van der Waals surface area contributed by atoms with E-state index >= 15 is 0 Å². The van der Waals surface area contributed by atoms with Crippen LogP contribution in [-0.4, -0.2) is 24.3 Å². The van der Waals surface area contributed by atoms with Crippen molar-refractivity contribution in [1.82, 2.24) is 5.43 Å². The summed E-state index contributed by atoms with van der Waals surface area (Å²) in [4.78, 5) is 12.9. The molecule has 3 aromatic carbocycles. The average Bonchev–Trinajstić information content (AvgIpc) is 2.73. The number of aromatic hydroxyl groups is 1. The molecule has 3 aromatic rings. The van der Waals surface area contributed by atoms with Crippen LogP contribution < -0.4 is 14.9 Å². The molecule has 0 saturated heterocycles. The van der Waals surface area contributed by atoms with E-state index in [9.17, 15) is 9.90 Å². The second-order valence-corrected chi connectivity index (χ2v) is 6.28. The number of nitrogens with zero attached hydrogens (tertiary/aromatic N) is 1. The van der Waals surface area contributed by atoms with E-state index in [2.05, 4.69) is 10.5 Å². The number of carbonyl (C=O) groups excluding carboxylic acids is 1. The van der Waals surface area contributed by atoms with Gasteiger partial charge in [-0.25, -0.2) is 5.43 Å². The fourth-order valence-electron chi connectivity index (χ4n) is 3.20. The van der Waals surface area contributed by atoms with Gasteiger partial charge in [-0.2, -0.15) is 5.10 Å². The van der Waals surface area contributed by atoms with Crippen molar-refractivity contribution in [1.29, 1.82) is 0 Å². The molecule has 1 aliphatic heterocycles. The van der Waals surface area contributed by atoms with Crippen LogP contribution in [0, 0.1) is 0 Å². The van der Waals surface area contributed by atoms with E-state index in [0.29, 0.717) is 22.8 Å². The zero-order valence-electron chi connectivity index (χ0n) is 15.1. The quantitative estimate of drug-likeness (QED) is 0.538. The first-order valence-electron chi connectivity index (χ1n) is 8.73. The maximum Gasteiger partial charge on any atom is 0.252 e. The standard InChI is InChI=1S/C22H18N2O4/c1-27-20-12-14(10-11-17(20)25)13-23-24-22(26)21-15-6-2-4-8-18(15)28-19-9-5-3-7-16(19)21/h2-13,21,25H,1H3,(H,24,26)/b23-13-. The van der Waals surface area contributed by atoms with Crippen molar-refractivity contribution in [2.45, 2.75) is 5.92 Å². The summed E-state index contributed by atoms with van der Waals surface area (Å²) in [6.07, 6.45) is 1.50. The number of rotatable bonds is 4. The predicted octanol–water partition coefficient (Wildman–Crippen LogP) is 3.79. The van der Waals surface area contributed by atoms with Crippen LogP contribution in [0.2, 0.25) is 0 Å². The molecule has 1 aliphatic rings. The monoisotopic (exact) mass is 374 g/mol. The Labute approximate surface area is 162 Å². The molecular formula is C22H18N2O4. The van der Waals surface area contributed by atoms with Gasteiger partial charge in [0.2, 0.25) is 0 Å². The Hall–Kier alpha value is -3.80. The number of methoxy groups -OCH3 is 1. The molecule has 1 amide bonds. The number of hydrogen-bond acceptors (Lipinski definition) is 5. The number of amides is 1. The van der Waals surface area contributed by atoms with Crippen LogP contribution in [0.4, 0.5) is 0 Å². The topological polar surface area (TPSA) is 80.2 Å². The zero-order valence-corrected chi connectivity index (χ0v) is 15.1. The van der Waals surface area contributed by atoms with Crippen LogP contribution in [0.5, 0.6) is 23.0 Å². The summed E-state index contributed by atoms with van der Waals surface area (Å²) in [6.45, 7) is 0. The van der Waals surface area contributed by atoms with Crippen molar-refractivity contribution < 1.29 is 19.4 Å². The van der Waals surface area contributed by atoms with E-state index < -0.39 is 5.92 Å². The fourth-order valence-corrected chi connectivity index (χ4v) is 3.20. The van der Waals surface area contributed by atoms with Gasteiger partial charge in [-0.05, 0) is 35.9 Å². The highest BCUT2D eigenvalue weighted by Gasteiger charge is 2.32. The van der Waals surface area contributed by atoms with Gasteiger partial charge in [0.15, 0.2) is 11.5 Å². The van der Waals surface area contributed by atoms with Crippen molar-refractivity contribution in [2.75, 3.05) is 7.11 Å². The molecule has 28 heavy (non-hydrogen) atoms. The van der Waals surface area contributed by atoms with Crippen LogP contribution >= 0.6 is 0 Å². The molecule has 0 saturated carbocycles. The van der Waals surface area contributed by atoms with Gasteiger partial charge in [0.1, 0.15) is 11.5 Å². The maximum atomic E-state index is 12.9. The molecule has 140 valence electrons. The van der Waals surface area contributed by atoms with Gasteiger partial charge < -0.3 is 14.6 Å². The number of hydrazone groups is 1. The molecule has 2 N–H and O–H groups in total. The molecule has 6 heteroatoms. The van der Waals surface area contributed by atoms with Gasteiger partial charge in [0, 0.05) is 11.1 Å². The molecule has 0 atom stereocenters. The Kier molecular flexibility index (Phi) is 4.68. The van der Waals surface area contributed by atoms with Gasteiger partial charge in [0.05, 0.1) is 19.2 Å². The van der Waals surface area contributed by atoms with Crippen LogP contribution in [0.15, 0.2) is 71.8 Å². The summed E-state index contributed by atoms with van der Waals surface area (Å²) < 4.78 is 11.0. The largest absolute Gasteiger partial charge is 0.504 e. The Balaban J connectivity index is 1.59. The van der Waals surface area contributed by atoms with Crippen LogP contribution in [0.1, 0.15) is 22.6 Å². The summed E-state index contributed by atoms with van der Waals surface area (Å²) in [7, 11) is 1.47. The summed E-state index contributed by atoms with van der Waals surface area (Å²) in [5.74, 6) is 0.918. The number of phenolic OH excluding ortho intramolecular Hbond substituents is 1. The number of fused-ring (bicyclic) bond motifs is 2. The molecule has 1 heterocycles. The lowest BCUT2D eigenvalue weighted by molar-refractivity contribution is -0.121. The van der Waals surface area contributed by atoms with Crippen molar-refractivity contribution in [3.63, 3.8) is 0 Å². The first-order chi connectivity index (χ1) is 13.7. The van der Waals surface area contributed by atoms with Gasteiger partial charge in [-0.1, -0.05) is 36.4 Å². The molecule has 0 spiro atoms. The Morgan fingerprint density at radius 2 is 1.71 bits per heavy atom. The van der Waals surface area contributed by atoms with Crippen molar-refractivity contribution >= 4 is 12.1 Å². The summed E-state index contributed by atoms with van der Waals surface area (Å²) in [5, 5.41) is 13.7. The predicted molar refractivity (Wildman–Crippen MR) is 105 cm³/mol. The second kappa shape index (κ2) is 7.44. The number of carbonyl (C=O) groups is 1. The molecule has 0 unspecified atom stereocenters. The smallest absolute Gasteiger partial charge is 0.252 e. The zero-order chi connectivity index (χ0) is 19.5. The highest BCUT2D eigenvalue weighted by atomic mass is 16.5. The molecule has 0 fully saturated rings. The number of nitrogens with one attached hydrogen (secondary N) is 1. The summed E-state index contributed by atoms with van der Waals surface area (Å²) >= 11 is 0. The van der Waals surface area contributed by atoms with Gasteiger partial charge in [0.25, 0.3) is 5.91 Å². The number of benzene rings is 3. The third-order valence-corrected chi connectivity index (χ3v) is 4.53. The van der Waals surface area contributed by atoms with Crippen molar-refractivity contribution in [3.05, 3.63) is 83.4 Å². The molecule has 4 rings (SSSR count). The van der Waals surface area contributed by atoms with E-state index in [-0.39, 0.29) is 11.7 Å². The summed E-state index contributed by atoms with van der Waals surface area (Å²) in [5.41, 5.74) is 4.87. The minimum Gasteiger partial charge on any atom is -0.504 e. The van der Waals surface area contributed by atoms with Crippen molar-refractivity contribution in [3.8, 4) is 23.0 Å². The van der Waals surface area contributed by atoms with Crippen LogP contribution in [0.25, 0.3) is 0 Å². The molecule has 6 nitrogen and oxygen atoms in total. The van der Waals surface area contributed by atoms with Gasteiger partial charge in [-0.3, -0.25) is 4.79 Å². The van der Waals surface area contributed by atoms with E-state index in [1.165, 1.54) is 19.4 Å². The third-order valence-electron chi connectivity index (χ3n) is 4.53. The molecular weight excluding hydrogens is 356 g/mol. The highest BCUT2D eigenvalue weighted by Crippen LogP contribution is 2.43. The molecule has 0 aliphatic carbocycles. The maximum absolute atomic E-state index is 12.9. The highest BCUT2D eigenvalue weighted by molar-refractivity contribution is 5.90. The lowest BCUT2D eigenvalue weighted by Crippen LogP contribution is -2.28. The second-order valence-electron chi connectivity index (χ2n) is 6.28. The van der Waals surface area contributed by atoms with Crippen molar-refractivity contribution in [2.24, 2.45) is 5.10 Å². The Morgan fingerprint density at radius 1 is 1.07 bits per heavy atom. The lowest BCUT2D eigenvalue weighted by Gasteiger charge is -2.26. The Bertz CT molecular complexity index is 1020. The number of phenols is 1. The summed E-state index contributed by atoms with van der Waals surface area (Å²) in [6, 6.07) is 19.8. The SMILES string of the molecule is COc1cc(/C=N\NC(=O)C2c3ccccc3Oc3ccccc32)ccc1O. The molecule has 0 radical (unpaired) electrons. The van der Waals surface area contributed by atoms with Crippen LogP contribution in [0.3, 0.4) is 0 Å².